The van der Waals surface area contributed by atoms with Gasteiger partial charge in [0.25, 0.3) is 11.5 Å². The normalized spacial score (nSPS) is 11.8. The summed E-state index contributed by atoms with van der Waals surface area (Å²) < 4.78 is 5.41. The Kier molecular flexibility index (Phi) is 9.28. The standard InChI is InChI=1S/C33H35N5O4/c1-6-18-38(21-23-12-17-28-27(19-23)31(40)36-22(2)35-28)26-15-13-25(14-16-26)30(39)34-20-29(24-10-8-7-9-11-24)37-32(41)42-33(3,4)5/h1,7-17,19,29H,18,20-21H2,2-5H3,(H,34,39)(H,37,41)(H,35,36,40)/t29-/m0/s1. The first-order valence-corrected chi connectivity index (χ1v) is 13.6. The molecule has 0 spiro atoms. The predicted molar refractivity (Wildman–Crippen MR) is 164 cm³/mol. The van der Waals surface area contributed by atoms with Crippen LogP contribution in [0.5, 0.6) is 0 Å². The zero-order chi connectivity index (χ0) is 30.3. The summed E-state index contributed by atoms with van der Waals surface area (Å²) >= 11 is 0. The van der Waals surface area contributed by atoms with E-state index in [4.69, 9.17) is 11.2 Å². The van der Waals surface area contributed by atoms with Crippen LogP contribution >= 0.6 is 0 Å². The van der Waals surface area contributed by atoms with E-state index in [9.17, 15) is 14.4 Å². The van der Waals surface area contributed by atoms with Crippen molar-refractivity contribution in [1.82, 2.24) is 20.6 Å². The Hall–Kier alpha value is -5.10. The van der Waals surface area contributed by atoms with Crippen LogP contribution in [0.1, 0.15) is 54.1 Å². The number of ether oxygens (including phenoxy) is 1. The molecule has 216 valence electrons. The molecule has 0 saturated heterocycles. The van der Waals surface area contributed by atoms with Crippen LogP contribution in [-0.2, 0) is 11.3 Å². The van der Waals surface area contributed by atoms with Gasteiger partial charge in [-0.1, -0.05) is 42.3 Å². The molecule has 1 aromatic heterocycles. The van der Waals surface area contributed by atoms with E-state index in [1.807, 2.05) is 65.6 Å². The van der Waals surface area contributed by atoms with E-state index < -0.39 is 17.7 Å². The topological polar surface area (TPSA) is 116 Å². The number of fused-ring (bicyclic) bond motifs is 1. The zero-order valence-electron chi connectivity index (χ0n) is 24.2. The van der Waals surface area contributed by atoms with E-state index in [-0.39, 0.29) is 18.0 Å². The molecule has 1 heterocycles. The molecule has 0 unspecified atom stereocenters. The number of benzene rings is 3. The van der Waals surface area contributed by atoms with Crippen LogP contribution in [0.3, 0.4) is 0 Å². The highest BCUT2D eigenvalue weighted by atomic mass is 16.6. The Balaban J connectivity index is 1.44. The van der Waals surface area contributed by atoms with E-state index in [0.717, 1.165) is 16.8 Å². The summed E-state index contributed by atoms with van der Waals surface area (Å²) in [5.74, 6) is 2.96. The van der Waals surface area contributed by atoms with E-state index in [1.54, 1.807) is 39.8 Å². The maximum atomic E-state index is 13.0. The molecule has 2 amide bonds. The summed E-state index contributed by atoms with van der Waals surface area (Å²) in [4.78, 5) is 47.0. The van der Waals surface area contributed by atoms with Gasteiger partial charge < -0.3 is 25.3 Å². The molecule has 0 saturated carbocycles. The SMILES string of the molecule is C#CCN(Cc1ccc2nc(C)[nH]c(=O)c2c1)c1ccc(C(=O)NC[C@H](NC(=O)OC(C)(C)C)c2ccccc2)cc1. The fourth-order valence-electron chi connectivity index (χ4n) is 4.48. The third-order valence-corrected chi connectivity index (χ3v) is 6.40. The number of amides is 2. The lowest BCUT2D eigenvalue weighted by molar-refractivity contribution is 0.0501. The number of nitrogens with one attached hydrogen (secondary N) is 3. The van der Waals surface area contributed by atoms with Gasteiger partial charge in [-0.15, -0.1) is 6.42 Å². The number of hydrogen-bond acceptors (Lipinski definition) is 6. The number of carbonyl (C=O) groups excluding carboxylic acids is 2. The van der Waals surface area contributed by atoms with Gasteiger partial charge in [-0.2, -0.15) is 0 Å². The van der Waals surface area contributed by atoms with Gasteiger partial charge in [0.1, 0.15) is 11.4 Å². The second-order valence-corrected chi connectivity index (χ2v) is 10.9. The highest BCUT2D eigenvalue weighted by molar-refractivity contribution is 5.94. The van der Waals surface area contributed by atoms with Crippen molar-refractivity contribution in [2.45, 2.75) is 45.9 Å². The van der Waals surface area contributed by atoms with Crippen molar-refractivity contribution in [2.24, 2.45) is 0 Å². The summed E-state index contributed by atoms with van der Waals surface area (Å²) in [6.45, 7) is 8.10. The molecule has 42 heavy (non-hydrogen) atoms. The van der Waals surface area contributed by atoms with Gasteiger partial charge >= 0.3 is 6.09 Å². The Morgan fingerprint density at radius 3 is 2.45 bits per heavy atom. The first-order chi connectivity index (χ1) is 20.0. The third kappa shape index (κ3) is 7.98. The highest BCUT2D eigenvalue weighted by Gasteiger charge is 2.21. The average molecular weight is 566 g/mol. The van der Waals surface area contributed by atoms with Crippen molar-refractivity contribution in [3.8, 4) is 12.3 Å². The minimum absolute atomic E-state index is 0.169. The Bertz CT molecular complexity index is 1650. The van der Waals surface area contributed by atoms with Crippen molar-refractivity contribution in [3.63, 3.8) is 0 Å². The molecule has 3 N–H and O–H groups in total. The second kappa shape index (κ2) is 13.0. The van der Waals surface area contributed by atoms with Gasteiger partial charge in [-0.3, -0.25) is 9.59 Å². The minimum Gasteiger partial charge on any atom is -0.444 e. The van der Waals surface area contributed by atoms with Gasteiger partial charge in [0.15, 0.2) is 0 Å². The van der Waals surface area contributed by atoms with Crippen LogP contribution in [0, 0.1) is 19.3 Å². The van der Waals surface area contributed by atoms with Crippen LogP contribution < -0.4 is 21.1 Å². The Morgan fingerprint density at radius 2 is 1.79 bits per heavy atom. The van der Waals surface area contributed by atoms with Crippen LogP contribution in [0.4, 0.5) is 10.5 Å². The largest absolute Gasteiger partial charge is 0.444 e. The number of aryl methyl sites for hydroxylation is 1. The fraction of sp³-hybridized carbons (Fsp3) is 0.273. The fourth-order valence-corrected chi connectivity index (χ4v) is 4.48. The average Bonchev–Trinajstić information content (AvgIpc) is 2.94. The van der Waals surface area contributed by atoms with E-state index in [2.05, 4.69) is 26.5 Å². The number of carbonyl (C=O) groups is 2. The molecular weight excluding hydrogens is 530 g/mol. The molecule has 0 radical (unpaired) electrons. The Labute approximate surface area is 245 Å². The number of terminal acetylenes is 1. The lowest BCUT2D eigenvalue weighted by atomic mass is 10.1. The number of aromatic amines is 1. The zero-order valence-corrected chi connectivity index (χ0v) is 24.2. The smallest absolute Gasteiger partial charge is 0.408 e. The van der Waals surface area contributed by atoms with Crippen LogP contribution in [0.15, 0.2) is 77.6 Å². The number of rotatable bonds is 9. The number of nitrogens with zero attached hydrogens (tertiary/aromatic N) is 2. The number of aromatic nitrogens is 2. The van der Waals surface area contributed by atoms with Crippen molar-refractivity contribution < 1.29 is 14.3 Å². The molecule has 9 heteroatoms. The molecule has 0 aliphatic carbocycles. The monoisotopic (exact) mass is 565 g/mol. The highest BCUT2D eigenvalue weighted by Crippen LogP contribution is 2.20. The summed E-state index contributed by atoms with van der Waals surface area (Å²) in [7, 11) is 0. The van der Waals surface area contributed by atoms with Crippen molar-refractivity contribution in [2.75, 3.05) is 18.0 Å². The maximum absolute atomic E-state index is 13.0. The molecule has 9 nitrogen and oxygen atoms in total. The summed E-state index contributed by atoms with van der Waals surface area (Å²) in [6.07, 6.45) is 5.09. The van der Waals surface area contributed by atoms with Crippen molar-refractivity contribution in [3.05, 3.63) is 106 Å². The number of hydrogen-bond donors (Lipinski definition) is 3. The second-order valence-electron chi connectivity index (χ2n) is 10.9. The van der Waals surface area contributed by atoms with Crippen molar-refractivity contribution in [1.29, 1.82) is 0 Å². The number of anilines is 1. The van der Waals surface area contributed by atoms with E-state index in [0.29, 0.717) is 35.4 Å². The van der Waals surface area contributed by atoms with Gasteiger partial charge in [-0.05, 0) is 75.2 Å². The lowest BCUT2D eigenvalue weighted by Crippen LogP contribution is -2.40. The molecule has 3 aromatic carbocycles. The molecule has 4 rings (SSSR count). The molecule has 1 atom stereocenters. The van der Waals surface area contributed by atoms with Gasteiger partial charge in [-0.25, -0.2) is 9.78 Å². The summed E-state index contributed by atoms with van der Waals surface area (Å²) in [6, 6.07) is 21.6. The third-order valence-electron chi connectivity index (χ3n) is 6.40. The molecule has 0 aliphatic rings. The summed E-state index contributed by atoms with van der Waals surface area (Å²) in [5.41, 5.74) is 2.83. The van der Waals surface area contributed by atoms with E-state index >= 15 is 0 Å². The van der Waals surface area contributed by atoms with E-state index in [1.165, 1.54) is 0 Å². The quantitative estimate of drug-likeness (QED) is 0.250. The molecule has 0 bridgehead atoms. The number of alkyl carbamates (subject to hydrolysis) is 1. The van der Waals surface area contributed by atoms with Gasteiger partial charge in [0, 0.05) is 24.3 Å². The first-order valence-electron chi connectivity index (χ1n) is 13.6. The van der Waals surface area contributed by atoms with Crippen LogP contribution in [0.2, 0.25) is 0 Å². The molecule has 4 aromatic rings. The first kappa shape index (κ1) is 29.9. The maximum Gasteiger partial charge on any atom is 0.408 e. The lowest BCUT2D eigenvalue weighted by Gasteiger charge is -2.24. The summed E-state index contributed by atoms with van der Waals surface area (Å²) in [5, 5.41) is 6.27. The van der Waals surface area contributed by atoms with Crippen LogP contribution in [-0.4, -0.2) is 40.7 Å². The predicted octanol–water partition coefficient (Wildman–Crippen LogP) is 4.87. The van der Waals surface area contributed by atoms with Crippen LogP contribution in [0.25, 0.3) is 10.9 Å². The van der Waals surface area contributed by atoms with Crippen molar-refractivity contribution >= 4 is 28.6 Å². The number of H-pyrrole nitrogens is 1. The van der Waals surface area contributed by atoms with Gasteiger partial charge in [0.05, 0.1) is 23.5 Å². The molecular formula is C33H35N5O4. The van der Waals surface area contributed by atoms with Gasteiger partial charge in [0.2, 0.25) is 0 Å². The Morgan fingerprint density at radius 1 is 1.07 bits per heavy atom. The minimum atomic E-state index is -0.647. The molecule has 0 aliphatic heterocycles. The molecule has 0 fully saturated rings.